The number of phenols is 1. The van der Waals surface area contributed by atoms with Crippen LogP contribution >= 0.6 is 0 Å². The Balaban J connectivity index is 2.21. The molecular formula is C21H17NO4. The number of anilines is 2. The number of benzene rings is 3. The van der Waals surface area contributed by atoms with Crippen molar-refractivity contribution in [1.82, 2.24) is 0 Å². The lowest BCUT2D eigenvalue weighted by Crippen LogP contribution is -2.27. The van der Waals surface area contributed by atoms with Gasteiger partial charge in [0.2, 0.25) is 0 Å². The van der Waals surface area contributed by atoms with Gasteiger partial charge in [0, 0.05) is 11.3 Å². The summed E-state index contributed by atoms with van der Waals surface area (Å²) in [4.78, 5) is 26.2. The minimum Gasteiger partial charge on any atom is -0.508 e. The highest BCUT2D eigenvalue weighted by Gasteiger charge is 2.24. The van der Waals surface area contributed by atoms with Crippen LogP contribution in [0.5, 0.6) is 5.75 Å². The molecular weight excluding hydrogens is 330 g/mol. The number of amides is 1. The molecule has 2 N–H and O–H groups in total. The van der Waals surface area contributed by atoms with E-state index in [0.29, 0.717) is 16.8 Å². The van der Waals surface area contributed by atoms with Crippen LogP contribution in [0.3, 0.4) is 0 Å². The number of aryl methyl sites for hydroxylation is 1. The molecule has 0 saturated heterocycles. The van der Waals surface area contributed by atoms with Gasteiger partial charge in [0.15, 0.2) is 0 Å². The summed E-state index contributed by atoms with van der Waals surface area (Å²) in [6.07, 6.45) is 0. The minimum atomic E-state index is -1.12. The molecule has 0 aliphatic rings. The standard InChI is InChI=1S/C21H17NO4/c1-14-13-16(11-12-19(14)23)22(20(24)15-7-3-2-4-8-15)18-10-6-5-9-17(18)21(25)26/h2-13,23H,1H3,(H,25,26). The maximum atomic E-state index is 13.2. The van der Waals surface area contributed by atoms with Crippen LogP contribution in [0.25, 0.3) is 0 Å². The van der Waals surface area contributed by atoms with Gasteiger partial charge in [-0.2, -0.15) is 0 Å². The first-order valence-corrected chi connectivity index (χ1v) is 8.00. The summed E-state index contributed by atoms with van der Waals surface area (Å²) < 4.78 is 0. The molecule has 130 valence electrons. The summed E-state index contributed by atoms with van der Waals surface area (Å²) in [6, 6.07) is 19.7. The zero-order chi connectivity index (χ0) is 18.7. The molecule has 0 spiro atoms. The highest BCUT2D eigenvalue weighted by atomic mass is 16.4. The molecule has 0 radical (unpaired) electrons. The molecule has 3 aromatic rings. The average Bonchev–Trinajstić information content (AvgIpc) is 2.65. The number of carboxylic acid groups (broad SMARTS) is 1. The lowest BCUT2D eigenvalue weighted by Gasteiger charge is -2.25. The van der Waals surface area contributed by atoms with Crippen molar-refractivity contribution in [1.29, 1.82) is 0 Å². The topological polar surface area (TPSA) is 77.8 Å². The highest BCUT2D eigenvalue weighted by molar-refractivity contribution is 6.13. The zero-order valence-electron chi connectivity index (χ0n) is 14.1. The number of aromatic hydroxyl groups is 1. The number of hydrogen-bond donors (Lipinski definition) is 2. The minimum absolute atomic E-state index is 0.0162. The Hall–Kier alpha value is -3.60. The van der Waals surface area contributed by atoms with Crippen molar-refractivity contribution >= 4 is 23.3 Å². The van der Waals surface area contributed by atoms with Crippen LogP contribution < -0.4 is 4.90 Å². The van der Waals surface area contributed by atoms with E-state index in [1.54, 1.807) is 67.6 Å². The predicted molar refractivity (Wildman–Crippen MR) is 99.2 cm³/mol. The number of carbonyl (C=O) groups excluding carboxylic acids is 1. The number of carboxylic acids is 1. The fourth-order valence-corrected chi connectivity index (χ4v) is 2.70. The van der Waals surface area contributed by atoms with E-state index in [1.807, 2.05) is 0 Å². The maximum Gasteiger partial charge on any atom is 0.337 e. The first kappa shape index (κ1) is 17.2. The number of nitrogens with zero attached hydrogens (tertiary/aromatic N) is 1. The van der Waals surface area contributed by atoms with E-state index in [0.717, 1.165) is 0 Å². The molecule has 0 aliphatic carbocycles. The molecule has 1 amide bonds. The third-order valence-corrected chi connectivity index (χ3v) is 4.04. The van der Waals surface area contributed by atoms with Crippen molar-refractivity contribution < 1.29 is 19.8 Å². The SMILES string of the molecule is Cc1cc(N(C(=O)c2ccccc2)c2ccccc2C(=O)O)ccc1O. The molecule has 0 heterocycles. The fraction of sp³-hybridized carbons (Fsp3) is 0.0476. The van der Waals surface area contributed by atoms with Gasteiger partial charge < -0.3 is 10.2 Å². The third-order valence-electron chi connectivity index (χ3n) is 4.04. The van der Waals surface area contributed by atoms with Crippen molar-refractivity contribution in [3.05, 3.63) is 89.5 Å². The van der Waals surface area contributed by atoms with Gasteiger partial charge in [0.05, 0.1) is 11.3 Å². The van der Waals surface area contributed by atoms with Crippen LogP contribution in [0.15, 0.2) is 72.8 Å². The Morgan fingerprint density at radius 1 is 0.885 bits per heavy atom. The summed E-state index contributed by atoms with van der Waals surface area (Å²) in [5.74, 6) is -1.38. The van der Waals surface area contributed by atoms with Crippen molar-refractivity contribution in [3.8, 4) is 5.75 Å². The Morgan fingerprint density at radius 3 is 2.19 bits per heavy atom. The fourth-order valence-electron chi connectivity index (χ4n) is 2.70. The van der Waals surface area contributed by atoms with E-state index < -0.39 is 5.97 Å². The van der Waals surface area contributed by atoms with Crippen molar-refractivity contribution in [2.45, 2.75) is 6.92 Å². The molecule has 5 heteroatoms. The quantitative estimate of drug-likeness (QED) is 0.734. The molecule has 0 aromatic heterocycles. The Labute approximate surface area is 150 Å². The van der Waals surface area contributed by atoms with E-state index in [-0.39, 0.29) is 22.9 Å². The monoisotopic (exact) mass is 347 g/mol. The first-order valence-electron chi connectivity index (χ1n) is 8.00. The number of rotatable bonds is 4. The molecule has 0 bridgehead atoms. The molecule has 3 aromatic carbocycles. The average molecular weight is 347 g/mol. The van der Waals surface area contributed by atoms with Gasteiger partial charge in [-0.15, -0.1) is 0 Å². The van der Waals surface area contributed by atoms with Gasteiger partial charge in [0.1, 0.15) is 5.75 Å². The first-order chi connectivity index (χ1) is 12.5. The predicted octanol–water partition coefficient (Wildman–Crippen LogP) is 4.38. The zero-order valence-corrected chi connectivity index (χ0v) is 14.1. The Morgan fingerprint density at radius 2 is 1.54 bits per heavy atom. The Kier molecular flexibility index (Phi) is 4.71. The second-order valence-corrected chi connectivity index (χ2v) is 5.80. The second kappa shape index (κ2) is 7.11. The third kappa shape index (κ3) is 3.28. The number of aromatic carboxylic acids is 1. The van der Waals surface area contributed by atoms with Gasteiger partial charge in [-0.25, -0.2) is 4.79 Å². The number of phenolic OH excluding ortho intramolecular Hbond substituents is 1. The van der Waals surface area contributed by atoms with Crippen LogP contribution in [-0.4, -0.2) is 22.1 Å². The molecule has 0 aliphatic heterocycles. The van der Waals surface area contributed by atoms with Gasteiger partial charge >= 0.3 is 5.97 Å². The molecule has 5 nitrogen and oxygen atoms in total. The van der Waals surface area contributed by atoms with Crippen LogP contribution in [0, 0.1) is 6.92 Å². The van der Waals surface area contributed by atoms with Gasteiger partial charge in [0.25, 0.3) is 5.91 Å². The van der Waals surface area contributed by atoms with Crippen LogP contribution in [0.1, 0.15) is 26.3 Å². The molecule has 0 fully saturated rings. The van der Waals surface area contributed by atoms with E-state index in [4.69, 9.17) is 0 Å². The summed E-state index contributed by atoms with van der Waals surface area (Å²) in [6.45, 7) is 1.72. The van der Waals surface area contributed by atoms with Gasteiger partial charge in [-0.1, -0.05) is 30.3 Å². The van der Waals surface area contributed by atoms with Crippen molar-refractivity contribution in [2.75, 3.05) is 4.90 Å². The van der Waals surface area contributed by atoms with Gasteiger partial charge in [-0.05, 0) is 55.0 Å². The molecule has 0 unspecified atom stereocenters. The Bertz CT molecular complexity index is 967. The number of para-hydroxylation sites is 1. The molecule has 0 atom stereocenters. The van der Waals surface area contributed by atoms with E-state index >= 15 is 0 Å². The normalized spacial score (nSPS) is 10.3. The van der Waals surface area contributed by atoms with E-state index in [9.17, 15) is 19.8 Å². The van der Waals surface area contributed by atoms with E-state index in [2.05, 4.69) is 0 Å². The van der Waals surface area contributed by atoms with Crippen molar-refractivity contribution in [3.63, 3.8) is 0 Å². The number of hydrogen-bond acceptors (Lipinski definition) is 3. The second-order valence-electron chi connectivity index (χ2n) is 5.80. The molecule has 26 heavy (non-hydrogen) atoms. The lowest BCUT2D eigenvalue weighted by atomic mass is 10.1. The van der Waals surface area contributed by atoms with Gasteiger partial charge in [-0.3, -0.25) is 9.69 Å². The van der Waals surface area contributed by atoms with Crippen LogP contribution in [0.4, 0.5) is 11.4 Å². The summed E-state index contributed by atoms with van der Waals surface area (Å²) >= 11 is 0. The smallest absolute Gasteiger partial charge is 0.337 e. The summed E-state index contributed by atoms with van der Waals surface area (Å²) in [5.41, 5.74) is 1.77. The maximum absolute atomic E-state index is 13.2. The molecule has 3 rings (SSSR count). The summed E-state index contributed by atoms with van der Waals surface area (Å²) in [5, 5.41) is 19.3. The largest absolute Gasteiger partial charge is 0.508 e. The van der Waals surface area contributed by atoms with Crippen molar-refractivity contribution in [2.24, 2.45) is 0 Å². The summed E-state index contributed by atoms with van der Waals surface area (Å²) in [7, 11) is 0. The van der Waals surface area contributed by atoms with Crippen LogP contribution in [0.2, 0.25) is 0 Å². The van der Waals surface area contributed by atoms with Crippen LogP contribution in [-0.2, 0) is 0 Å². The van der Waals surface area contributed by atoms with E-state index in [1.165, 1.54) is 17.0 Å². The lowest BCUT2D eigenvalue weighted by molar-refractivity contribution is 0.0698. The number of carbonyl (C=O) groups is 2. The highest BCUT2D eigenvalue weighted by Crippen LogP contribution is 2.33. The molecule has 0 saturated carbocycles.